The number of hydrazone groups is 1. The van der Waals surface area contributed by atoms with E-state index < -0.39 is 11.0 Å². The van der Waals surface area contributed by atoms with E-state index in [9.17, 15) is 4.79 Å². The summed E-state index contributed by atoms with van der Waals surface area (Å²) in [5, 5.41) is 11.6. The van der Waals surface area contributed by atoms with Gasteiger partial charge in [0.25, 0.3) is 0 Å². The van der Waals surface area contributed by atoms with Crippen molar-refractivity contribution in [1.29, 1.82) is 0 Å². The van der Waals surface area contributed by atoms with Crippen LogP contribution in [0.25, 0.3) is 0 Å². The van der Waals surface area contributed by atoms with E-state index in [1.165, 1.54) is 0 Å². The number of para-hydroxylation sites is 1. The molecule has 0 heterocycles. The zero-order chi connectivity index (χ0) is 12.0. The summed E-state index contributed by atoms with van der Waals surface area (Å²) in [4.78, 5) is 10.4. The number of carboxylic acids is 1. The zero-order valence-corrected chi connectivity index (χ0v) is 9.53. The molecule has 0 unspecified atom stereocenters. The molecule has 0 bridgehead atoms. The van der Waals surface area contributed by atoms with E-state index in [0.717, 1.165) is 11.9 Å². The van der Waals surface area contributed by atoms with Crippen LogP contribution in [-0.4, -0.2) is 17.3 Å². The first-order chi connectivity index (χ1) is 7.61. The summed E-state index contributed by atoms with van der Waals surface area (Å²) in [7, 11) is 0. The van der Waals surface area contributed by atoms with Gasteiger partial charge in [0.05, 0.1) is 16.9 Å². The second kappa shape index (κ2) is 6.15. The topological polar surface area (TPSA) is 61.7 Å². The first kappa shape index (κ1) is 12.5. The molecule has 0 atom stereocenters. The molecule has 84 valence electrons. The largest absolute Gasteiger partial charge is 0.477 e. The molecule has 4 nitrogen and oxygen atoms in total. The molecule has 16 heavy (non-hydrogen) atoms. The average molecular weight is 259 g/mol. The lowest BCUT2D eigenvalue weighted by atomic mass is 10.3. The summed E-state index contributed by atoms with van der Waals surface area (Å²) in [6.45, 7) is 0. The Morgan fingerprint density at radius 2 is 1.94 bits per heavy atom. The highest BCUT2D eigenvalue weighted by Gasteiger charge is 2.07. The van der Waals surface area contributed by atoms with Gasteiger partial charge in [-0.05, 0) is 12.1 Å². The maximum atomic E-state index is 10.4. The monoisotopic (exact) mass is 258 g/mol. The Morgan fingerprint density at radius 1 is 1.31 bits per heavy atom. The van der Waals surface area contributed by atoms with E-state index in [4.69, 9.17) is 28.3 Å². The molecule has 0 radical (unpaired) electrons. The average Bonchev–Trinajstić information content (AvgIpc) is 2.29. The van der Waals surface area contributed by atoms with Gasteiger partial charge in [-0.1, -0.05) is 41.4 Å². The Labute approximate surface area is 102 Å². The van der Waals surface area contributed by atoms with Crippen molar-refractivity contribution >= 4 is 41.1 Å². The van der Waals surface area contributed by atoms with Crippen molar-refractivity contribution in [2.75, 3.05) is 5.43 Å². The van der Waals surface area contributed by atoms with Crippen LogP contribution in [0.1, 0.15) is 0 Å². The van der Waals surface area contributed by atoms with E-state index in [-0.39, 0.29) is 5.03 Å². The van der Waals surface area contributed by atoms with Crippen molar-refractivity contribution in [3.8, 4) is 0 Å². The molecule has 1 aromatic carbocycles. The second-order valence-electron chi connectivity index (χ2n) is 2.70. The summed E-state index contributed by atoms with van der Waals surface area (Å²) >= 11 is 10.9. The number of hydrogen-bond acceptors (Lipinski definition) is 3. The fourth-order valence-electron chi connectivity index (χ4n) is 0.835. The molecule has 0 aliphatic rings. The van der Waals surface area contributed by atoms with Crippen LogP contribution in [0.2, 0.25) is 0 Å². The van der Waals surface area contributed by atoms with Gasteiger partial charge in [0.15, 0.2) is 0 Å². The van der Waals surface area contributed by atoms with Crippen LogP contribution in [-0.2, 0) is 4.79 Å². The summed E-state index contributed by atoms with van der Waals surface area (Å²) < 4.78 is 0. The summed E-state index contributed by atoms with van der Waals surface area (Å²) in [6, 6.07) is 9.13. The highest BCUT2D eigenvalue weighted by Crippen LogP contribution is 2.12. The molecule has 0 aromatic heterocycles. The number of anilines is 1. The zero-order valence-electron chi connectivity index (χ0n) is 8.02. The number of rotatable bonds is 4. The first-order valence-electron chi connectivity index (χ1n) is 4.24. The lowest BCUT2D eigenvalue weighted by Crippen LogP contribution is -1.97. The van der Waals surface area contributed by atoms with Crippen molar-refractivity contribution in [2.45, 2.75) is 0 Å². The van der Waals surface area contributed by atoms with Crippen LogP contribution in [0, 0.1) is 0 Å². The lowest BCUT2D eigenvalue weighted by Gasteiger charge is -1.98. The van der Waals surface area contributed by atoms with Crippen molar-refractivity contribution in [1.82, 2.24) is 0 Å². The molecule has 0 spiro atoms. The van der Waals surface area contributed by atoms with Gasteiger partial charge in [0.2, 0.25) is 0 Å². The smallest absolute Gasteiger partial charge is 0.348 e. The van der Waals surface area contributed by atoms with Gasteiger partial charge in [0.1, 0.15) is 5.03 Å². The minimum atomic E-state index is -1.29. The second-order valence-corrected chi connectivity index (χ2v) is 3.49. The van der Waals surface area contributed by atoms with E-state index in [1.54, 1.807) is 12.1 Å². The normalized spacial score (nSPS) is 12.4. The first-order valence-corrected chi connectivity index (χ1v) is 4.99. The van der Waals surface area contributed by atoms with Crippen LogP contribution >= 0.6 is 23.2 Å². The molecule has 1 aromatic rings. The van der Waals surface area contributed by atoms with E-state index >= 15 is 0 Å². The Hall–Kier alpha value is -1.52. The molecule has 0 aliphatic heterocycles. The highest BCUT2D eigenvalue weighted by atomic mass is 35.5. The molecule has 6 heteroatoms. The molecule has 0 fully saturated rings. The van der Waals surface area contributed by atoms with Gasteiger partial charge in [-0.2, -0.15) is 5.10 Å². The Kier molecular flexibility index (Phi) is 4.82. The Bertz CT molecular complexity index is 430. The summed E-state index contributed by atoms with van der Waals surface area (Å²) in [5.74, 6) is -1.29. The fraction of sp³-hybridized carbons (Fsp3) is 0. The minimum Gasteiger partial charge on any atom is -0.477 e. The van der Waals surface area contributed by atoms with Crippen LogP contribution in [0.4, 0.5) is 5.69 Å². The number of nitrogens with one attached hydrogen (secondary N) is 1. The Balaban J connectivity index is 2.63. The minimum absolute atomic E-state index is 0.141. The standard InChI is InChI=1S/C10H8Cl2N2O2/c11-8(9(12)10(15)16)6-13-14-7-4-2-1-3-5-7/h1-6,14H,(H,15,16). The van der Waals surface area contributed by atoms with Crippen LogP contribution < -0.4 is 5.43 Å². The van der Waals surface area contributed by atoms with Gasteiger partial charge in [0, 0.05) is 0 Å². The third-order valence-corrected chi connectivity index (χ3v) is 2.29. The summed E-state index contributed by atoms with van der Waals surface area (Å²) in [6.07, 6.45) is 1.13. The maximum absolute atomic E-state index is 10.4. The molecule has 0 aliphatic carbocycles. The Morgan fingerprint density at radius 3 is 2.50 bits per heavy atom. The van der Waals surface area contributed by atoms with Crippen LogP contribution in [0.3, 0.4) is 0 Å². The van der Waals surface area contributed by atoms with Gasteiger partial charge < -0.3 is 5.11 Å². The van der Waals surface area contributed by atoms with E-state index in [1.807, 2.05) is 18.2 Å². The predicted molar refractivity (Wildman–Crippen MR) is 64.9 cm³/mol. The van der Waals surface area contributed by atoms with E-state index in [2.05, 4.69) is 10.5 Å². The number of nitrogens with zero attached hydrogens (tertiary/aromatic N) is 1. The number of halogens is 2. The molecular weight excluding hydrogens is 251 g/mol. The van der Waals surface area contributed by atoms with Crippen LogP contribution in [0.15, 0.2) is 45.5 Å². The quantitative estimate of drug-likeness (QED) is 0.496. The van der Waals surface area contributed by atoms with Crippen LogP contribution in [0.5, 0.6) is 0 Å². The highest BCUT2D eigenvalue weighted by molar-refractivity contribution is 6.51. The van der Waals surface area contributed by atoms with Gasteiger partial charge in [-0.3, -0.25) is 5.43 Å². The third-order valence-electron chi connectivity index (χ3n) is 1.54. The van der Waals surface area contributed by atoms with Crippen molar-refractivity contribution < 1.29 is 9.90 Å². The number of aliphatic carboxylic acids is 1. The number of carboxylic acid groups (broad SMARTS) is 1. The fourth-order valence-corrected chi connectivity index (χ4v) is 1.01. The van der Waals surface area contributed by atoms with Gasteiger partial charge in [-0.25, -0.2) is 4.79 Å². The molecule has 2 N–H and O–H groups in total. The number of carbonyl (C=O) groups is 1. The molecule has 1 rings (SSSR count). The van der Waals surface area contributed by atoms with Crippen molar-refractivity contribution in [3.05, 3.63) is 40.4 Å². The van der Waals surface area contributed by atoms with Crippen molar-refractivity contribution in [3.63, 3.8) is 0 Å². The van der Waals surface area contributed by atoms with Gasteiger partial charge in [-0.15, -0.1) is 0 Å². The maximum Gasteiger partial charge on any atom is 0.348 e. The molecule has 0 amide bonds. The summed E-state index contributed by atoms with van der Waals surface area (Å²) in [5.41, 5.74) is 3.43. The number of benzene rings is 1. The molecule has 0 saturated carbocycles. The van der Waals surface area contributed by atoms with E-state index in [0.29, 0.717) is 0 Å². The van der Waals surface area contributed by atoms with Gasteiger partial charge >= 0.3 is 5.97 Å². The number of allylic oxidation sites excluding steroid dienone is 1. The van der Waals surface area contributed by atoms with Crippen molar-refractivity contribution in [2.24, 2.45) is 5.10 Å². The lowest BCUT2D eigenvalue weighted by molar-refractivity contribution is -0.131. The SMILES string of the molecule is O=C(O)C(Cl)=C(Cl)C=NNc1ccccc1. The third kappa shape index (κ3) is 3.92. The number of hydrogen-bond donors (Lipinski definition) is 2. The predicted octanol–water partition coefficient (Wildman–Crippen LogP) is 2.86. The molecule has 0 saturated heterocycles. The molecular formula is C10H8Cl2N2O2.